The van der Waals surface area contributed by atoms with Gasteiger partial charge in [-0.1, -0.05) is 60.7 Å². The summed E-state index contributed by atoms with van der Waals surface area (Å²) < 4.78 is 0. The van der Waals surface area contributed by atoms with Gasteiger partial charge in [-0.05, 0) is 23.3 Å². The molecule has 1 aromatic heterocycles. The van der Waals surface area contributed by atoms with Crippen molar-refractivity contribution in [3.63, 3.8) is 0 Å². The van der Waals surface area contributed by atoms with Crippen LogP contribution >= 0.6 is 11.3 Å². The predicted molar refractivity (Wildman–Crippen MR) is 88.6 cm³/mol. The van der Waals surface area contributed by atoms with Gasteiger partial charge in [-0.15, -0.1) is 11.3 Å². The molecular formula is C19H15NOS. The Morgan fingerprint density at radius 1 is 0.864 bits per heavy atom. The van der Waals surface area contributed by atoms with Crippen molar-refractivity contribution in [2.45, 2.75) is 12.0 Å². The second-order valence-electron chi connectivity index (χ2n) is 5.04. The number of hydrogen-bond donors (Lipinski definition) is 1. The Morgan fingerprint density at radius 2 is 1.41 bits per heavy atom. The van der Waals surface area contributed by atoms with E-state index in [0.717, 1.165) is 20.9 Å². The van der Waals surface area contributed by atoms with Gasteiger partial charge in [0.1, 0.15) is 5.60 Å². The van der Waals surface area contributed by atoms with E-state index >= 15 is 0 Å². The number of nitriles is 1. The molecule has 0 amide bonds. The summed E-state index contributed by atoms with van der Waals surface area (Å²) in [6, 6.07) is 25.3. The van der Waals surface area contributed by atoms with Crippen LogP contribution in [-0.4, -0.2) is 5.11 Å². The predicted octanol–water partition coefficient (Wildman–Crippen LogP) is 4.10. The quantitative estimate of drug-likeness (QED) is 0.788. The Bertz CT molecular complexity index is 748. The van der Waals surface area contributed by atoms with Crippen LogP contribution in [0.4, 0.5) is 0 Å². The van der Waals surface area contributed by atoms with Crippen LogP contribution in [0.25, 0.3) is 0 Å². The van der Waals surface area contributed by atoms with Crippen LogP contribution < -0.4 is 0 Å². The van der Waals surface area contributed by atoms with E-state index in [2.05, 4.69) is 6.07 Å². The van der Waals surface area contributed by atoms with Crippen LogP contribution in [0, 0.1) is 11.3 Å². The second-order valence-corrected chi connectivity index (χ2v) is 6.21. The minimum absolute atomic E-state index is 0.365. The second kappa shape index (κ2) is 6.15. The first-order valence-corrected chi connectivity index (χ1v) is 7.86. The summed E-state index contributed by atoms with van der Waals surface area (Å²) in [5.74, 6) is 0. The number of rotatable bonds is 4. The molecule has 0 unspecified atom stereocenters. The zero-order valence-electron chi connectivity index (χ0n) is 11.9. The van der Waals surface area contributed by atoms with Gasteiger partial charge in [0.15, 0.2) is 0 Å². The summed E-state index contributed by atoms with van der Waals surface area (Å²) in [7, 11) is 0. The molecule has 1 heterocycles. The lowest BCUT2D eigenvalue weighted by molar-refractivity contribution is 0.129. The maximum Gasteiger partial charge on any atom is 0.149 e. The number of nitrogens with zero attached hydrogens (tertiary/aromatic N) is 1. The van der Waals surface area contributed by atoms with Crippen molar-refractivity contribution in [1.29, 1.82) is 5.26 Å². The number of thiophene rings is 1. The molecule has 0 saturated heterocycles. The van der Waals surface area contributed by atoms with Crippen molar-refractivity contribution in [3.05, 3.63) is 93.7 Å². The lowest BCUT2D eigenvalue weighted by Crippen LogP contribution is -2.27. The van der Waals surface area contributed by atoms with Gasteiger partial charge in [-0.25, -0.2) is 0 Å². The third-order valence-electron chi connectivity index (χ3n) is 3.65. The van der Waals surface area contributed by atoms with Crippen molar-refractivity contribution in [2.75, 3.05) is 0 Å². The average molecular weight is 305 g/mol. The van der Waals surface area contributed by atoms with Gasteiger partial charge in [-0.3, -0.25) is 0 Å². The van der Waals surface area contributed by atoms with Gasteiger partial charge in [0.2, 0.25) is 0 Å². The van der Waals surface area contributed by atoms with E-state index < -0.39 is 5.60 Å². The third kappa shape index (κ3) is 2.55. The fourth-order valence-corrected chi connectivity index (χ4v) is 3.63. The highest BCUT2D eigenvalue weighted by Crippen LogP contribution is 2.40. The minimum atomic E-state index is -1.19. The molecule has 0 fully saturated rings. The zero-order chi connectivity index (χ0) is 15.4. The molecule has 2 nitrogen and oxygen atoms in total. The van der Waals surface area contributed by atoms with Crippen LogP contribution in [0.3, 0.4) is 0 Å². The number of aliphatic hydroxyl groups is 1. The Morgan fingerprint density at radius 3 is 1.91 bits per heavy atom. The SMILES string of the molecule is N#CCc1ccc(C(O)(c2ccccc2)c2ccccc2)s1. The normalized spacial score (nSPS) is 11.1. The molecule has 0 spiro atoms. The Hall–Kier alpha value is -2.41. The Labute approximate surface area is 133 Å². The molecule has 1 N–H and O–H groups in total. The fraction of sp³-hybridized carbons (Fsp3) is 0.105. The van der Waals surface area contributed by atoms with E-state index in [9.17, 15) is 5.11 Å². The number of benzene rings is 2. The highest BCUT2D eigenvalue weighted by atomic mass is 32.1. The summed E-state index contributed by atoms with van der Waals surface area (Å²) in [6.07, 6.45) is 0.365. The van der Waals surface area contributed by atoms with Crippen molar-refractivity contribution in [3.8, 4) is 6.07 Å². The largest absolute Gasteiger partial charge is 0.375 e. The number of hydrogen-bond acceptors (Lipinski definition) is 3. The first-order valence-electron chi connectivity index (χ1n) is 7.04. The molecule has 3 aromatic rings. The highest BCUT2D eigenvalue weighted by Gasteiger charge is 2.35. The standard InChI is InChI=1S/C19H15NOS/c20-14-13-17-11-12-18(22-17)19(21,15-7-3-1-4-8-15)16-9-5-2-6-10-16/h1-12,21H,13H2. The molecule has 0 atom stereocenters. The summed E-state index contributed by atoms with van der Waals surface area (Å²) in [5.41, 5.74) is 0.457. The molecular weight excluding hydrogens is 290 g/mol. The van der Waals surface area contributed by atoms with E-state index in [1.54, 1.807) is 0 Å². The summed E-state index contributed by atoms with van der Waals surface area (Å²) in [5, 5.41) is 20.4. The molecule has 0 radical (unpaired) electrons. The van der Waals surface area contributed by atoms with E-state index in [0.29, 0.717) is 6.42 Å². The van der Waals surface area contributed by atoms with E-state index in [1.165, 1.54) is 11.3 Å². The van der Waals surface area contributed by atoms with Gasteiger partial charge in [0.25, 0.3) is 0 Å². The van der Waals surface area contributed by atoms with Gasteiger partial charge < -0.3 is 5.11 Å². The molecule has 0 aliphatic heterocycles. The van der Waals surface area contributed by atoms with Crippen LogP contribution in [-0.2, 0) is 12.0 Å². The monoisotopic (exact) mass is 305 g/mol. The minimum Gasteiger partial charge on any atom is -0.375 e. The van der Waals surface area contributed by atoms with Gasteiger partial charge in [-0.2, -0.15) is 5.26 Å². The van der Waals surface area contributed by atoms with E-state index in [-0.39, 0.29) is 0 Å². The van der Waals surface area contributed by atoms with Gasteiger partial charge in [0.05, 0.1) is 12.5 Å². The van der Waals surface area contributed by atoms with E-state index in [1.807, 2.05) is 72.8 Å². The first-order chi connectivity index (χ1) is 10.7. The Balaban J connectivity index is 2.17. The summed E-state index contributed by atoms with van der Waals surface area (Å²) in [6.45, 7) is 0. The zero-order valence-corrected chi connectivity index (χ0v) is 12.8. The van der Waals surface area contributed by atoms with Crippen molar-refractivity contribution in [1.82, 2.24) is 0 Å². The molecule has 22 heavy (non-hydrogen) atoms. The molecule has 0 bridgehead atoms. The van der Waals surface area contributed by atoms with Crippen LogP contribution in [0.2, 0.25) is 0 Å². The van der Waals surface area contributed by atoms with Crippen LogP contribution in [0.5, 0.6) is 0 Å². The highest BCUT2D eigenvalue weighted by molar-refractivity contribution is 7.12. The molecule has 108 valence electrons. The molecule has 0 saturated carbocycles. The lowest BCUT2D eigenvalue weighted by atomic mass is 9.85. The van der Waals surface area contributed by atoms with E-state index in [4.69, 9.17) is 5.26 Å². The molecule has 3 rings (SSSR count). The first kappa shape index (κ1) is 14.5. The topological polar surface area (TPSA) is 44.0 Å². The van der Waals surface area contributed by atoms with Crippen molar-refractivity contribution in [2.24, 2.45) is 0 Å². The Kier molecular flexibility index (Phi) is 4.06. The lowest BCUT2D eigenvalue weighted by Gasteiger charge is -2.28. The molecule has 0 aliphatic carbocycles. The molecule has 0 aliphatic rings. The average Bonchev–Trinajstić information content (AvgIpc) is 3.05. The summed E-state index contributed by atoms with van der Waals surface area (Å²) >= 11 is 1.48. The third-order valence-corrected chi connectivity index (χ3v) is 4.85. The van der Waals surface area contributed by atoms with Crippen molar-refractivity contribution < 1.29 is 5.11 Å². The van der Waals surface area contributed by atoms with Crippen LogP contribution in [0.15, 0.2) is 72.8 Å². The fourth-order valence-electron chi connectivity index (χ4n) is 2.56. The summed E-state index contributed by atoms with van der Waals surface area (Å²) in [4.78, 5) is 1.79. The van der Waals surface area contributed by atoms with Gasteiger partial charge in [0, 0.05) is 9.75 Å². The van der Waals surface area contributed by atoms with Gasteiger partial charge >= 0.3 is 0 Å². The van der Waals surface area contributed by atoms with Crippen LogP contribution in [0.1, 0.15) is 20.9 Å². The molecule has 2 aromatic carbocycles. The maximum atomic E-state index is 11.5. The smallest absolute Gasteiger partial charge is 0.149 e. The maximum absolute atomic E-state index is 11.5. The molecule has 3 heteroatoms. The van der Waals surface area contributed by atoms with Crippen molar-refractivity contribution >= 4 is 11.3 Å².